The number of carbonyl (C=O) groups excluding carboxylic acids is 2. The fraction of sp³-hybridized carbons (Fsp3) is 0.444. The number of alkyl carbamates (subject to hydrolysis) is 1. The molecule has 0 radical (unpaired) electrons. The van der Waals surface area contributed by atoms with E-state index in [0.29, 0.717) is 19.4 Å². The number of nitrogens with one attached hydrogen (secondary N) is 1. The van der Waals surface area contributed by atoms with Crippen LogP contribution in [-0.4, -0.2) is 52.7 Å². The van der Waals surface area contributed by atoms with Gasteiger partial charge in [0, 0.05) is 24.9 Å². The standard InChI is InChI=1S/C27H32N2O5/c1-17(2)23(15-24(30)29-14-8-13-27(29,3)25(31)32)28-26(33)34-16-22-20-11-6-4-9-18(20)19-10-5-7-12-21(19)22/h4-7,9-12,17,22-23H,8,13-16H2,1-3H3,(H,28,33)(H,31,32)/t23-,27?/m1/s1. The zero-order valence-corrected chi connectivity index (χ0v) is 19.9. The predicted octanol–water partition coefficient (Wildman–Crippen LogP) is 4.41. The highest BCUT2D eigenvalue weighted by molar-refractivity contribution is 5.88. The minimum absolute atomic E-state index is 0.0249. The summed E-state index contributed by atoms with van der Waals surface area (Å²) < 4.78 is 5.64. The molecule has 1 fully saturated rings. The molecule has 1 aliphatic carbocycles. The van der Waals surface area contributed by atoms with Crippen LogP contribution in [0.3, 0.4) is 0 Å². The molecule has 0 saturated carbocycles. The lowest BCUT2D eigenvalue weighted by atomic mass is 9.96. The Hall–Kier alpha value is -3.35. The summed E-state index contributed by atoms with van der Waals surface area (Å²) in [5, 5.41) is 12.5. The number of amides is 2. The first-order chi connectivity index (χ1) is 16.2. The Balaban J connectivity index is 1.40. The molecule has 34 heavy (non-hydrogen) atoms. The highest BCUT2D eigenvalue weighted by Gasteiger charge is 2.46. The molecule has 2 N–H and O–H groups in total. The number of benzene rings is 2. The summed E-state index contributed by atoms with van der Waals surface area (Å²) in [5.41, 5.74) is 3.39. The first-order valence-electron chi connectivity index (χ1n) is 11.9. The van der Waals surface area contributed by atoms with E-state index in [2.05, 4.69) is 29.6 Å². The van der Waals surface area contributed by atoms with E-state index in [1.807, 2.05) is 38.1 Å². The molecular weight excluding hydrogens is 432 g/mol. The van der Waals surface area contributed by atoms with Gasteiger partial charge in [-0.05, 0) is 47.9 Å². The maximum atomic E-state index is 13.0. The molecular formula is C27H32N2O5. The molecule has 2 aromatic carbocycles. The highest BCUT2D eigenvalue weighted by Crippen LogP contribution is 2.44. The predicted molar refractivity (Wildman–Crippen MR) is 128 cm³/mol. The number of carbonyl (C=O) groups is 3. The van der Waals surface area contributed by atoms with Crippen LogP contribution in [0.1, 0.15) is 57.1 Å². The zero-order valence-electron chi connectivity index (χ0n) is 19.9. The molecule has 0 aromatic heterocycles. The molecule has 180 valence electrons. The van der Waals surface area contributed by atoms with Gasteiger partial charge in [0.05, 0.1) is 0 Å². The van der Waals surface area contributed by atoms with Crippen LogP contribution in [0.2, 0.25) is 0 Å². The van der Waals surface area contributed by atoms with Crippen LogP contribution in [-0.2, 0) is 14.3 Å². The molecule has 7 heteroatoms. The number of ether oxygens (including phenoxy) is 1. The Morgan fingerprint density at radius 2 is 1.68 bits per heavy atom. The lowest BCUT2D eigenvalue weighted by Crippen LogP contribution is -2.52. The van der Waals surface area contributed by atoms with Crippen molar-refractivity contribution in [2.75, 3.05) is 13.2 Å². The fourth-order valence-corrected chi connectivity index (χ4v) is 5.13. The Bertz CT molecular complexity index is 1050. The van der Waals surface area contributed by atoms with Gasteiger partial charge < -0.3 is 20.1 Å². The molecule has 7 nitrogen and oxygen atoms in total. The normalized spacial score (nSPS) is 20.1. The van der Waals surface area contributed by atoms with Crippen molar-refractivity contribution in [1.82, 2.24) is 10.2 Å². The minimum Gasteiger partial charge on any atom is -0.480 e. The SMILES string of the molecule is CC(C)[C@@H](CC(=O)N1CCCC1(C)C(=O)O)NC(=O)OCC1c2ccccc2-c2ccccc21. The van der Waals surface area contributed by atoms with Gasteiger partial charge in [0.2, 0.25) is 5.91 Å². The van der Waals surface area contributed by atoms with Gasteiger partial charge >= 0.3 is 12.1 Å². The molecule has 1 heterocycles. The first-order valence-corrected chi connectivity index (χ1v) is 11.9. The molecule has 1 saturated heterocycles. The van der Waals surface area contributed by atoms with Crippen molar-refractivity contribution >= 4 is 18.0 Å². The van der Waals surface area contributed by atoms with Gasteiger partial charge in [-0.25, -0.2) is 9.59 Å². The smallest absolute Gasteiger partial charge is 0.407 e. The number of rotatable bonds is 7. The molecule has 1 aliphatic heterocycles. The van der Waals surface area contributed by atoms with Crippen molar-refractivity contribution in [3.05, 3.63) is 59.7 Å². The minimum atomic E-state index is -1.19. The van der Waals surface area contributed by atoms with Gasteiger partial charge in [-0.1, -0.05) is 62.4 Å². The van der Waals surface area contributed by atoms with Crippen molar-refractivity contribution in [1.29, 1.82) is 0 Å². The second kappa shape index (κ2) is 9.49. The number of nitrogens with zero attached hydrogens (tertiary/aromatic N) is 1. The van der Waals surface area contributed by atoms with Crippen molar-refractivity contribution in [3.8, 4) is 11.1 Å². The van der Waals surface area contributed by atoms with Crippen LogP contribution in [0, 0.1) is 5.92 Å². The third-order valence-corrected chi connectivity index (χ3v) is 7.25. The molecule has 0 bridgehead atoms. The van der Waals surface area contributed by atoms with Crippen LogP contribution in [0.4, 0.5) is 4.79 Å². The topological polar surface area (TPSA) is 95.9 Å². The Labute approximate surface area is 200 Å². The lowest BCUT2D eigenvalue weighted by molar-refractivity contribution is -0.155. The Morgan fingerprint density at radius 1 is 1.09 bits per heavy atom. The second-order valence-corrected chi connectivity index (χ2v) is 9.75. The zero-order chi connectivity index (χ0) is 24.5. The summed E-state index contributed by atoms with van der Waals surface area (Å²) >= 11 is 0. The van der Waals surface area contributed by atoms with Crippen LogP contribution in [0.15, 0.2) is 48.5 Å². The maximum Gasteiger partial charge on any atom is 0.407 e. The van der Waals surface area contributed by atoms with Crippen LogP contribution >= 0.6 is 0 Å². The largest absolute Gasteiger partial charge is 0.480 e. The van der Waals surface area contributed by atoms with Crippen LogP contribution < -0.4 is 5.32 Å². The third kappa shape index (κ3) is 4.39. The van der Waals surface area contributed by atoms with Gasteiger partial charge in [0.25, 0.3) is 0 Å². The van der Waals surface area contributed by atoms with Crippen LogP contribution in [0.5, 0.6) is 0 Å². The molecule has 0 spiro atoms. The Morgan fingerprint density at radius 3 is 2.24 bits per heavy atom. The van der Waals surface area contributed by atoms with Gasteiger partial charge in [0.15, 0.2) is 0 Å². The van der Waals surface area contributed by atoms with E-state index >= 15 is 0 Å². The number of fused-ring (bicyclic) bond motifs is 3. The average Bonchev–Trinajstić information content (AvgIpc) is 3.36. The van der Waals surface area contributed by atoms with E-state index in [4.69, 9.17) is 4.74 Å². The molecule has 4 rings (SSSR count). The molecule has 2 aliphatic rings. The van der Waals surface area contributed by atoms with Gasteiger partial charge in [-0.15, -0.1) is 0 Å². The van der Waals surface area contributed by atoms with Crippen molar-refractivity contribution < 1.29 is 24.2 Å². The van der Waals surface area contributed by atoms with Gasteiger partial charge in [-0.3, -0.25) is 4.79 Å². The molecule has 2 atom stereocenters. The summed E-state index contributed by atoms with van der Waals surface area (Å²) in [7, 11) is 0. The molecule has 1 unspecified atom stereocenters. The number of aliphatic carboxylic acids is 1. The van der Waals surface area contributed by atoms with Gasteiger partial charge in [0.1, 0.15) is 12.1 Å². The van der Waals surface area contributed by atoms with E-state index in [-0.39, 0.29) is 30.8 Å². The summed E-state index contributed by atoms with van der Waals surface area (Å²) in [6, 6.07) is 15.8. The fourth-order valence-electron chi connectivity index (χ4n) is 5.13. The highest BCUT2D eigenvalue weighted by atomic mass is 16.5. The molecule has 2 aromatic rings. The number of hydrogen-bond acceptors (Lipinski definition) is 4. The van der Waals surface area contributed by atoms with E-state index in [1.165, 1.54) is 4.90 Å². The van der Waals surface area contributed by atoms with Crippen molar-refractivity contribution in [2.45, 2.75) is 57.5 Å². The quantitative estimate of drug-likeness (QED) is 0.633. The number of carboxylic acids is 1. The van der Waals surface area contributed by atoms with Gasteiger partial charge in [-0.2, -0.15) is 0 Å². The second-order valence-electron chi connectivity index (χ2n) is 9.75. The van der Waals surface area contributed by atoms with E-state index in [1.54, 1.807) is 6.92 Å². The van der Waals surface area contributed by atoms with E-state index in [0.717, 1.165) is 22.3 Å². The summed E-state index contributed by atoms with van der Waals surface area (Å²) in [5.74, 6) is -1.33. The summed E-state index contributed by atoms with van der Waals surface area (Å²) in [6.07, 6.45) is 0.543. The van der Waals surface area contributed by atoms with E-state index in [9.17, 15) is 19.5 Å². The van der Waals surface area contributed by atoms with E-state index < -0.39 is 23.6 Å². The Kier molecular flexibility index (Phi) is 6.64. The monoisotopic (exact) mass is 464 g/mol. The number of hydrogen-bond donors (Lipinski definition) is 2. The van der Waals surface area contributed by atoms with Crippen molar-refractivity contribution in [2.24, 2.45) is 5.92 Å². The maximum absolute atomic E-state index is 13.0. The third-order valence-electron chi connectivity index (χ3n) is 7.25. The first kappa shape index (κ1) is 23.8. The van der Waals surface area contributed by atoms with Crippen molar-refractivity contribution in [3.63, 3.8) is 0 Å². The average molecular weight is 465 g/mol. The summed E-state index contributed by atoms with van der Waals surface area (Å²) in [6.45, 7) is 6.03. The number of carboxylic acid groups (broad SMARTS) is 1. The lowest BCUT2D eigenvalue weighted by Gasteiger charge is -2.33. The summed E-state index contributed by atoms with van der Waals surface area (Å²) in [4.78, 5) is 38.9. The van der Waals surface area contributed by atoms with Crippen LogP contribution in [0.25, 0.3) is 11.1 Å². The molecule has 2 amide bonds. The number of likely N-dealkylation sites (tertiary alicyclic amines) is 1.